The summed E-state index contributed by atoms with van der Waals surface area (Å²) in [5.41, 5.74) is 2.10. The third kappa shape index (κ3) is 2.72. The highest BCUT2D eigenvalue weighted by Gasteiger charge is 2.44. The van der Waals surface area contributed by atoms with Crippen molar-refractivity contribution >= 4 is 11.6 Å². The summed E-state index contributed by atoms with van der Waals surface area (Å²) in [5, 5.41) is 0. The van der Waals surface area contributed by atoms with Crippen molar-refractivity contribution in [3.05, 3.63) is 65.1 Å². The van der Waals surface area contributed by atoms with Gasteiger partial charge in [-0.05, 0) is 36.8 Å². The van der Waals surface area contributed by atoms with Crippen LogP contribution in [0.1, 0.15) is 6.42 Å². The zero-order valence-electron chi connectivity index (χ0n) is 15.4. The van der Waals surface area contributed by atoms with E-state index in [1.165, 1.54) is 24.5 Å². The van der Waals surface area contributed by atoms with Crippen molar-refractivity contribution in [2.24, 2.45) is 7.05 Å². The molecule has 0 aliphatic carbocycles. The summed E-state index contributed by atoms with van der Waals surface area (Å²) in [6.45, 7) is 1.60. The van der Waals surface area contributed by atoms with Crippen LogP contribution in [0.5, 0.6) is 0 Å². The van der Waals surface area contributed by atoms with Gasteiger partial charge in [-0.3, -0.25) is 9.36 Å². The van der Waals surface area contributed by atoms with Crippen molar-refractivity contribution in [1.82, 2.24) is 19.5 Å². The second-order valence-corrected chi connectivity index (χ2v) is 7.26. The lowest BCUT2D eigenvalue weighted by Crippen LogP contribution is -2.48. The molecular weight excluding hydrogens is 359 g/mol. The van der Waals surface area contributed by atoms with Crippen LogP contribution in [0.4, 0.5) is 16.0 Å². The number of aromatic nitrogens is 4. The first-order valence-electron chi connectivity index (χ1n) is 9.23. The zero-order valence-corrected chi connectivity index (χ0v) is 15.4. The Hall–Kier alpha value is -3.29. The fourth-order valence-corrected chi connectivity index (χ4v) is 4.22. The Labute approximate surface area is 161 Å². The smallest absolute Gasteiger partial charge is 0.255 e. The lowest BCUT2D eigenvalue weighted by Gasteiger charge is -2.36. The predicted octanol–water partition coefficient (Wildman–Crippen LogP) is 1.84. The van der Waals surface area contributed by atoms with E-state index in [9.17, 15) is 9.18 Å². The third-order valence-corrected chi connectivity index (χ3v) is 5.61. The first-order valence-corrected chi connectivity index (χ1v) is 9.23. The van der Waals surface area contributed by atoms with Crippen molar-refractivity contribution in [1.29, 1.82) is 0 Å². The predicted molar refractivity (Wildman–Crippen MR) is 104 cm³/mol. The Morgan fingerprint density at radius 1 is 1.04 bits per heavy atom. The van der Waals surface area contributed by atoms with Crippen molar-refractivity contribution < 1.29 is 4.39 Å². The molecule has 2 saturated heterocycles. The standard InChI is InChI=1S/C20H19FN6O/c1-25-19(28)9-18(17-6-7-22-12-23-17)24-20(25)27-11-15-8-16(27)10-26(15)14-4-2-13(21)3-5-14/h2-7,9,12,15-16H,8,10-11H2,1H3/t15?,16-/m0/s1. The number of rotatable bonds is 3. The first-order chi connectivity index (χ1) is 13.6. The van der Waals surface area contributed by atoms with Gasteiger partial charge in [-0.1, -0.05) is 0 Å². The second-order valence-electron chi connectivity index (χ2n) is 7.26. The van der Waals surface area contributed by atoms with Crippen LogP contribution in [0.3, 0.4) is 0 Å². The Balaban J connectivity index is 1.45. The van der Waals surface area contributed by atoms with E-state index < -0.39 is 0 Å². The maximum Gasteiger partial charge on any atom is 0.255 e. The molecule has 2 aliphatic heterocycles. The molecule has 7 nitrogen and oxygen atoms in total. The maximum atomic E-state index is 13.2. The molecule has 8 heteroatoms. The van der Waals surface area contributed by atoms with E-state index >= 15 is 0 Å². The second kappa shape index (κ2) is 6.40. The largest absolute Gasteiger partial charge is 0.365 e. The molecule has 28 heavy (non-hydrogen) atoms. The quantitative estimate of drug-likeness (QED) is 0.693. The van der Waals surface area contributed by atoms with E-state index in [4.69, 9.17) is 4.98 Å². The summed E-state index contributed by atoms with van der Waals surface area (Å²) in [5.74, 6) is 0.433. The molecule has 2 bridgehead atoms. The highest BCUT2D eigenvalue weighted by molar-refractivity contribution is 5.58. The average Bonchev–Trinajstić information content (AvgIpc) is 3.32. The van der Waals surface area contributed by atoms with Crippen molar-refractivity contribution in [3.8, 4) is 11.4 Å². The van der Waals surface area contributed by atoms with E-state index in [-0.39, 0.29) is 17.4 Å². The maximum absolute atomic E-state index is 13.2. The molecule has 2 atom stereocenters. The summed E-state index contributed by atoms with van der Waals surface area (Å²) in [4.78, 5) is 29.9. The molecule has 0 radical (unpaired) electrons. The van der Waals surface area contributed by atoms with Gasteiger partial charge in [0.1, 0.15) is 12.1 Å². The lowest BCUT2D eigenvalue weighted by molar-refractivity contribution is 0.611. The van der Waals surface area contributed by atoms with E-state index in [0.29, 0.717) is 23.4 Å². The number of halogens is 1. The van der Waals surface area contributed by atoms with Crippen LogP contribution >= 0.6 is 0 Å². The van der Waals surface area contributed by atoms with Gasteiger partial charge in [0.2, 0.25) is 5.95 Å². The normalized spacial score (nSPS) is 20.8. The Morgan fingerprint density at radius 2 is 1.79 bits per heavy atom. The van der Waals surface area contributed by atoms with Gasteiger partial charge in [-0.25, -0.2) is 19.3 Å². The van der Waals surface area contributed by atoms with E-state index in [1.807, 2.05) is 12.1 Å². The number of anilines is 2. The summed E-state index contributed by atoms with van der Waals surface area (Å²) in [6.07, 6.45) is 4.08. The number of benzene rings is 1. The Morgan fingerprint density at radius 3 is 2.46 bits per heavy atom. The van der Waals surface area contributed by atoms with Crippen LogP contribution in [-0.4, -0.2) is 44.7 Å². The highest BCUT2D eigenvalue weighted by atomic mass is 19.1. The van der Waals surface area contributed by atoms with Gasteiger partial charge >= 0.3 is 0 Å². The first kappa shape index (κ1) is 16.9. The van der Waals surface area contributed by atoms with Crippen molar-refractivity contribution in [3.63, 3.8) is 0 Å². The van der Waals surface area contributed by atoms with Crippen LogP contribution in [0.25, 0.3) is 11.4 Å². The minimum atomic E-state index is -0.226. The summed E-state index contributed by atoms with van der Waals surface area (Å²) < 4.78 is 14.8. The molecule has 0 amide bonds. The lowest BCUT2D eigenvalue weighted by atomic mass is 10.2. The van der Waals surface area contributed by atoms with Gasteiger partial charge in [0.05, 0.1) is 17.4 Å². The van der Waals surface area contributed by atoms with Crippen LogP contribution in [0, 0.1) is 5.82 Å². The number of fused-ring (bicyclic) bond motifs is 2. The van der Waals surface area contributed by atoms with Gasteiger partial charge in [0.15, 0.2) is 0 Å². The van der Waals surface area contributed by atoms with E-state index in [1.54, 1.807) is 23.9 Å². The molecule has 0 spiro atoms. The molecule has 2 fully saturated rings. The molecule has 3 aromatic rings. The Kier molecular flexibility index (Phi) is 3.85. The van der Waals surface area contributed by atoms with Crippen LogP contribution in [-0.2, 0) is 7.05 Å². The van der Waals surface area contributed by atoms with Crippen molar-refractivity contribution in [2.75, 3.05) is 22.9 Å². The van der Waals surface area contributed by atoms with Gasteiger partial charge in [0.25, 0.3) is 5.56 Å². The minimum Gasteiger partial charge on any atom is -0.365 e. The number of nitrogens with zero attached hydrogens (tertiary/aromatic N) is 6. The van der Waals surface area contributed by atoms with Crippen LogP contribution in [0.2, 0.25) is 0 Å². The fourth-order valence-electron chi connectivity index (χ4n) is 4.22. The minimum absolute atomic E-state index is 0.114. The monoisotopic (exact) mass is 378 g/mol. The molecular formula is C20H19FN6O. The molecule has 0 saturated carbocycles. The van der Waals surface area contributed by atoms with E-state index in [0.717, 1.165) is 25.2 Å². The molecule has 2 aromatic heterocycles. The molecule has 5 rings (SSSR count). The summed E-state index contributed by atoms with van der Waals surface area (Å²) in [6, 6.07) is 10.5. The highest BCUT2D eigenvalue weighted by Crippen LogP contribution is 2.36. The fraction of sp³-hybridized carbons (Fsp3) is 0.300. The van der Waals surface area contributed by atoms with Gasteiger partial charge in [-0.2, -0.15) is 0 Å². The van der Waals surface area contributed by atoms with Crippen LogP contribution in [0.15, 0.2) is 53.7 Å². The van der Waals surface area contributed by atoms with Crippen LogP contribution < -0.4 is 15.4 Å². The zero-order chi connectivity index (χ0) is 19.3. The van der Waals surface area contributed by atoms with Gasteiger partial charge in [-0.15, -0.1) is 0 Å². The molecule has 142 valence electrons. The molecule has 2 aliphatic rings. The summed E-state index contributed by atoms with van der Waals surface area (Å²) in [7, 11) is 1.75. The summed E-state index contributed by atoms with van der Waals surface area (Å²) >= 11 is 0. The molecule has 0 N–H and O–H groups in total. The van der Waals surface area contributed by atoms with Crippen molar-refractivity contribution in [2.45, 2.75) is 18.5 Å². The number of hydrogen-bond acceptors (Lipinski definition) is 6. The SMILES string of the molecule is Cn1c(N2CC3C[C@H]2CN3c2ccc(F)cc2)nc(-c2ccncn2)cc1=O. The third-order valence-electron chi connectivity index (χ3n) is 5.61. The molecule has 1 unspecified atom stereocenters. The van der Waals surface area contributed by atoms with Gasteiger partial charge < -0.3 is 9.80 Å². The Bertz CT molecular complexity index is 1070. The van der Waals surface area contributed by atoms with E-state index in [2.05, 4.69) is 19.8 Å². The number of hydrogen-bond donors (Lipinski definition) is 0. The topological polar surface area (TPSA) is 67.2 Å². The number of piperazine rings is 1. The van der Waals surface area contributed by atoms with Gasteiger partial charge in [0, 0.05) is 44.1 Å². The molecule has 4 heterocycles. The average molecular weight is 378 g/mol. The molecule has 1 aromatic carbocycles.